The summed E-state index contributed by atoms with van der Waals surface area (Å²) in [6.07, 6.45) is -0.00674. The van der Waals surface area contributed by atoms with E-state index in [2.05, 4.69) is 16.2 Å². The van der Waals surface area contributed by atoms with Gasteiger partial charge in [-0.15, -0.1) is 0 Å². The normalized spacial score (nSPS) is 12.9. The highest BCUT2D eigenvalue weighted by atomic mass is 32.1. The second kappa shape index (κ2) is 6.99. The third-order valence-corrected chi connectivity index (χ3v) is 3.34. The summed E-state index contributed by atoms with van der Waals surface area (Å²) in [5.74, 6) is -1.11. The fraction of sp³-hybridized carbons (Fsp3) is 0.286. The van der Waals surface area contributed by atoms with Gasteiger partial charge in [-0.3, -0.25) is 30.1 Å². The average molecular weight is 320 g/mol. The molecule has 22 heavy (non-hydrogen) atoms. The standard InChI is InChI=1S/C14H16N4O3S/c1-2-15-14(22)17-16-11(19)7-8-18-12(20)9-5-3-4-6-10(9)13(18)21/h3-6H,2,7-8H2,1H3,(H,16,19)(H2,15,17,22). The fourth-order valence-electron chi connectivity index (χ4n) is 2.05. The van der Waals surface area contributed by atoms with Crippen LogP contribution in [0.15, 0.2) is 24.3 Å². The van der Waals surface area contributed by atoms with Gasteiger partial charge in [0.1, 0.15) is 0 Å². The number of rotatable bonds is 4. The molecule has 2 rings (SSSR count). The van der Waals surface area contributed by atoms with Crippen LogP contribution in [0.3, 0.4) is 0 Å². The Morgan fingerprint density at radius 3 is 2.27 bits per heavy atom. The Labute approximate surface area is 133 Å². The van der Waals surface area contributed by atoms with Crippen molar-refractivity contribution < 1.29 is 14.4 Å². The minimum absolute atomic E-state index is 0.00674. The molecule has 3 N–H and O–H groups in total. The third-order valence-electron chi connectivity index (χ3n) is 3.09. The lowest BCUT2D eigenvalue weighted by molar-refractivity contribution is -0.121. The fourth-order valence-corrected chi connectivity index (χ4v) is 2.24. The molecule has 116 valence electrons. The number of nitrogens with zero attached hydrogens (tertiary/aromatic N) is 1. The Hall–Kier alpha value is -2.48. The number of carbonyl (C=O) groups is 3. The number of hydrogen-bond acceptors (Lipinski definition) is 4. The first-order chi connectivity index (χ1) is 10.5. The lowest BCUT2D eigenvalue weighted by Crippen LogP contribution is -2.47. The summed E-state index contributed by atoms with van der Waals surface area (Å²) < 4.78 is 0. The van der Waals surface area contributed by atoms with Gasteiger partial charge < -0.3 is 5.32 Å². The van der Waals surface area contributed by atoms with Gasteiger partial charge in [-0.1, -0.05) is 12.1 Å². The second-order valence-electron chi connectivity index (χ2n) is 4.59. The predicted octanol–water partition coefficient (Wildman–Crippen LogP) is 0.188. The number of amides is 3. The van der Waals surface area contributed by atoms with E-state index in [1.165, 1.54) is 0 Å². The SMILES string of the molecule is CCNC(=S)NNC(=O)CCN1C(=O)c2ccccc2C1=O. The van der Waals surface area contributed by atoms with E-state index in [1.807, 2.05) is 6.92 Å². The zero-order chi connectivity index (χ0) is 16.1. The summed E-state index contributed by atoms with van der Waals surface area (Å²) in [7, 11) is 0. The van der Waals surface area contributed by atoms with E-state index in [9.17, 15) is 14.4 Å². The summed E-state index contributed by atoms with van der Waals surface area (Å²) in [4.78, 5) is 37.0. The van der Waals surface area contributed by atoms with Crippen LogP contribution in [0.5, 0.6) is 0 Å². The topological polar surface area (TPSA) is 90.5 Å². The van der Waals surface area contributed by atoms with Crippen molar-refractivity contribution in [2.45, 2.75) is 13.3 Å². The van der Waals surface area contributed by atoms with Gasteiger partial charge in [-0.05, 0) is 31.3 Å². The number of fused-ring (bicyclic) bond motifs is 1. The summed E-state index contributed by atoms with van der Waals surface area (Å²) in [6.45, 7) is 2.53. The van der Waals surface area contributed by atoms with Crippen LogP contribution in [-0.4, -0.2) is 40.8 Å². The van der Waals surface area contributed by atoms with Gasteiger partial charge in [0.25, 0.3) is 11.8 Å². The number of hydrazine groups is 1. The number of imide groups is 1. The first-order valence-electron chi connectivity index (χ1n) is 6.82. The van der Waals surface area contributed by atoms with Crippen molar-refractivity contribution >= 4 is 35.1 Å². The second-order valence-corrected chi connectivity index (χ2v) is 5.00. The Bertz CT molecular complexity index is 597. The number of thiocarbonyl (C=S) groups is 1. The minimum atomic E-state index is -0.371. The van der Waals surface area contributed by atoms with Gasteiger partial charge in [0, 0.05) is 19.5 Å². The van der Waals surface area contributed by atoms with Crippen LogP contribution in [0.25, 0.3) is 0 Å². The molecular weight excluding hydrogens is 304 g/mol. The molecular formula is C14H16N4O3S. The van der Waals surface area contributed by atoms with E-state index < -0.39 is 0 Å². The van der Waals surface area contributed by atoms with Gasteiger partial charge in [0.05, 0.1) is 11.1 Å². The van der Waals surface area contributed by atoms with Crippen LogP contribution in [0.2, 0.25) is 0 Å². The summed E-state index contributed by atoms with van der Waals surface area (Å²) >= 11 is 4.89. The molecule has 0 bridgehead atoms. The molecule has 0 saturated carbocycles. The molecule has 7 nitrogen and oxygen atoms in total. The Morgan fingerprint density at radius 1 is 1.14 bits per heavy atom. The molecule has 1 aromatic carbocycles. The first-order valence-corrected chi connectivity index (χ1v) is 7.23. The van der Waals surface area contributed by atoms with Crippen LogP contribution in [0, 0.1) is 0 Å². The van der Waals surface area contributed by atoms with Gasteiger partial charge >= 0.3 is 0 Å². The van der Waals surface area contributed by atoms with Crippen molar-refractivity contribution in [2.24, 2.45) is 0 Å². The van der Waals surface area contributed by atoms with Gasteiger partial charge in [0.15, 0.2) is 5.11 Å². The number of hydrogen-bond donors (Lipinski definition) is 3. The predicted molar refractivity (Wildman–Crippen MR) is 84.0 cm³/mol. The molecule has 0 aliphatic carbocycles. The lowest BCUT2D eigenvalue weighted by atomic mass is 10.1. The van der Waals surface area contributed by atoms with Crippen molar-refractivity contribution in [1.29, 1.82) is 0 Å². The average Bonchev–Trinajstić information content (AvgIpc) is 2.76. The molecule has 0 atom stereocenters. The molecule has 0 unspecified atom stereocenters. The van der Waals surface area contributed by atoms with Crippen LogP contribution < -0.4 is 16.2 Å². The zero-order valence-electron chi connectivity index (χ0n) is 12.0. The summed E-state index contributed by atoms with van der Waals surface area (Å²) in [5, 5.41) is 3.11. The van der Waals surface area contributed by atoms with E-state index in [-0.39, 0.29) is 30.7 Å². The number of nitrogens with one attached hydrogen (secondary N) is 3. The summed E-state index contributed by atoms with van der Waals surface area (Å²) in [5.41, 5.74) is 5.68. The van der Waals surface area contributed by atoms with E-state index in [0.717, 1.165) is 4.90 Å². The maximum atomic E-state index is 12.1. The number of benzene rings is 1. The van der Waals surface area contributed by atoms with E-state index in [4.69, 9.17) is 12.2 Å². The van der Waals surface area contributed by atoms with Crippen LogP contribution in [0.4, 0.5) is 0 Å². The first kappa shape index (κ1) is 15.9. The highest BCUT2D eigenvalue weighted by Gasteiger charge is 2.34. The summed E-state index contributed by atoms with van der Waals surface area (Å²) in [6, 6.07) is 6.61. The molecule has 1 aliphatic rings. The van der Waals surface area contributed by atoms with Crippen LogP contribution in [0.1, 0.15) is 34.1 Å². The molecule has 0 radical (unpaired) electrons. The molecule has 1 aromatic rings. The molecule has 0 saturated heterocycles. The van der Waals surface area contributed by atoms with Crippen LogP contribution >= 0.6 is 12.2 Å². The minimum Gasteiger partial charge on any atom is -0.362 e. The Kier molecular flexibility index (Phi) is 5.05. The van der Waals surface area contributed by atoms with Crippen molar-refractivity contribution in [2.75, 3.05) is 13.1 Å². The number of carbonyl (C=O) groups excluding carboxylic acids is 3. The molecule has 0 aromatic heterocycles. The molecule has 0 spiro atoms. The van der Waals surface area contributed by atoms with Crippen molar-refractivity contribution in [1.82, 2.24) is 21.1 Å². The van der Waals surface area contributed by atoms with E-state index >= 15 is 0 Å². The maximum Gasteiger partial charge on any atom is 0.261 e. The lowest BCUT2D eigenvalue weighted by Gasteiger charge is -2.14. The monoisotopic (exact) mass is 320 g/mol. The Balaban J connectivity index is 1.86. The largest absolute Gasteiger partial charge is 0.362 e. The molecule has 3 amide bonds. The van der Waals surface area contributed by atoms with Crippen molar-refractivity contribution in [3.8, 4) is 0 Å². The van der Waals surface area contributed by atoms with Gasteiger partial charge in [-0.2, -0.15) is 0 Å². The van der Waals surface area contributed by atoms with Crippen molar-refractivity contribution in [3.63, 3.8) is 0 Å². The smallest absolute Gasteiger partial charge is 0.261 e. The Morgan fingerprint density at radius 2 is 1.73 bits per heavy atom. The molecule has 0 fully saturated rings. The molecule has 1 heterocycles. The van der Waals surface area contributed by atoms with E-state index in [1.54, 1.807) is 24.3 Å². The zero-order valence-corrected chi connectivity index (χ0v) is 12.8. The highest BCUT2D eigenvalue weighted by Crippen LogP contribution is 2.22. The van der Waals surface area contributed by atoms with E-state index in [0.29, 0.717) is 22.8 Å². The quantitative estimate of drug-likeness (QED) is 0.417. The van der Waals surface area contributed by atoms with Crippen molar-refractivity contribution in [3.05, 3.63) is 35.4 Å². The molecule has 8 heteroatoms. The molecule has 1 aliphatic heterocycles. The maximum absolute atomic E-state index is 12.1. The third kappa shape index (κ3) is 3.40. The highest BCUT2D eigenvalue weighted by molar-refractivity contribution is 7.80. The van der Waals surface area contributed by atoms with Gasteiger partial charge in [-0.25, -0.2) is 0 Å². The van der Waals surface area contributed by atoms with Gasteiger partial charge in [0.2, 0.25) is 5.91 Å². The van der Waals surface area contributed by atoms with Crippen LogP contribution in [-0.2, 0) is 4.79 Å².